The average Bonchev–Trinajstić information content (AvgIpc) is 2.34. The van der Waals surface area contributed by atoms with Gasteiger partial charge in [-0.25, -0.2) is 4.98 Å². The van der Waals surface area contributed by atoms with Gasteiger partial charge in [-0.2, -0.15) is 0 Å². The molecule has 1 aromatic heterocycles. The van der Waals surface area contributed by atoms with Crippen molar-refractivity contribution in [2.24, 2.45) is 5.92 Å². The molecule has 0 bridgehead atoms. The number of imidazole rings is 1. The smallest absolute Gasteiger partial charge is 0.231 e. The first kappa shape index (κ1) is 8.11. The molecule has 3 nitrogen and oxygen atoms in total. The van der Waals surface area contributed by atoms with Gasteiger partial charge in [0.1, 0.15) is 0 Å². The number of ether oxygens (including phenoxy) is 1. The Kier molecular flexibility index (Phi) is 2.52. The summed E-state index contributed by atoms with van der Waals surface area (Å²) in [7, 11) is 1.63. The molecule has 0 atom stereocenters. The highest BCUT2D eigenvalue weighted by Gasteiger charge is 1.98. The van der Waals surface area contributed by atoms with Crippen molar-refractivity contribution in [1.82, 2.24) is 9.55 Å². The Balaban J connectivity index is 2.58. The van der Waals surface area contributed by atoms with Gasteiger partial charge in [0.15, 0.2) is 0 Å². The summed E-state index contributed by atoms with van der Waals surface area (Å²) in [6.45, 7) is 5.34. The number of methoxy groups -OCH3 is 1. The number of rotatable bonds is 3. The Labute approximate surface area is 67.0 Å². The maximum absolute atomic E-state index is 4.94. The molecule has 0 aromatic carbocycles. The predicted octanol–water partition coefficient (Wildman–Crippen LogP) is 1.55. The molecule has 3 heteroatoms. The fourth-order valence-electron chi connectivity index (χ4n) is 0.966. The molecule has 0 amide bonds. The summed E-state index contributed by atoms with van der Waals surface area (Å²) in [5.41, 5.74) is 0. The van der Waals surface area contributed by atoms with E-state index in [4.69, 9.17) is 4.74 Å². The average molecular weight is 154 g/mol. The number of aromatic nitrogens is 2. The van der Waals surface area contributed by atoms with Gasteiger partial charge < -0.3 is 9.30 Å². The van der Waals surface area contributed by atoms with E-state index in [1.165, 1.54) is 0 Å². The monoisotopic (exact) mass is 154 g/mol. The quantitative estimate of drug-likeness (QED) is 0.660. The van der Waals surface area contributed by atoms with E-state index in [2.05, 4.69) is 18.8 Å². The van der Waals surface area contributed by atoms with Gasteiger partial charge in [0, 0.05) is 6.54 Å². The third kappa shape index (κ3) is 2.26. The van der Waals surface area contributed by atoms with Gasteiger partial charge in [-0.05, 0) is 5.92 Å². The summed E-state index contributed by atoms with van der Waals surface area (Å²) in [5.74, 6) is 1.33. The van der Waals surface area contributed by atoms with Crippen molar-refractivity contribution in [3.05, 3.63) is 12.5 Å². The summed E-state index contributed by atoms with van der Waals surface area (Å²) < 4.78 is 6.98. The zero-order valence-electron chi connectivity index (χ0n) is 7.24. The lowest BCUT2D eigenvalue weighted by Crippen LogP contribution is -2.00. The first-order valence-corrected chi connectivity index (χ1v) is 3.78. The molecule has 1 aromatic rings. The molecule has 0 aliphatic rings. The minimum Gasteiger partial charge on any atom is -0.480 e. The Morgan fingerprint density at radius 1 is 1.64 bits per heavy atom. The lowest BCUT2D eigenvalue weighted by Gasteiger charge is -2.03. The molecule has 0 aliphatic carbocycles. The van der Waals surface area contributed by atoms with Crippen LogP contribution in [0.1, 0.15) is 13.8 Å². The van der Waals surface area contributed by atoms with E-state index >= 15 is 0 Å². The molecular weight excluding hydrogens is 140 g/mol. The van der Waals surface area contributed by atoms with Crippen molar-refractivity contribution in [1.29, 1.82) is 0 Å². The molecule has 0 N–H and O–H groups in total. The zero-order valence-corrected chi connectivity index (χ0v) is 7.24. The van der Waals surface area contributed by atoms with E-state index in [0.717, 1.165) is 6.54 Å². The van der Waals surface area contributed by atoms with Crippen molar-refractivity contribution in [3.8, 4) is 5.88 Å². The van der Waals surface area contributed by atoms with Crippen LogP contribution in [0.25, 0.3) is 0 Å². The van der Waals surface area contributed by atoms with Crippen molar-refractivity contribution in [3.63, 3.8) is 0 Å². The van der Waals surface area contributed by atoms with Crippen LogP contribution in [0.4, 0.5) is 0 Å². The molecule has 0 fully saturated rings. The first-order valence-electron chi connectivity index (χ1n) is 3.78. The van der Waals surface area contributed by atoms with Gasteiger partial charge in [-0.1, -0.05) is 13.8 Å². The van der Waals surface area contributed by atoms with E-state index in [1.807, 2.05) is 10.8 Å². The molecule has 0 radical (unpaired) electrons. The van der Waals surface area contributed by atoms with Crippen LogP contribution in [0.5, 0.6) is 5.88 Å². The topological polar surface area (TPSA) is 27.1 Å². The fraction of sp³-hybridized carbons (Fsp3) is 0.625. The van der Waals surface area contributed by atoms with Crippen molar-refractivity contribution in [2.75, 3.05) is 7.11 Å². The largest absolute Gasteiger partial charge is 0.480 e. The van der Waals surface area contributed by atoms with Crippen molar-refractivity contribution in [2.45, 2.75) is 20.4 Å². The molecule has 1 rings (SSSR count). The molecule has 0 spiro atoms. The van der Waals surface area contributed by atoms with E-state index < -0.39 is 0 Å². The van der Waals surface area contributed by atoms with Gasteiger partial charge >= 0.3 is 0 Å². The molecule has 1 heterocycles. The minimum absolute atomic E-state index is 0.647. The maximum Gasteiger partial charge on any atom is 0.231 e. The summed E-state index contributed by atoms with van der Waals surface area (Å²) in [4.78, 5) is 4.03. The summed E-state index contributed by atoms with van der Waals surface area (Å²) in [6.07, 6.45) is 3.69. The number of nitrogens with zero attached hydrogens (tertiary/aromatic N) is 2. The SMILES string of the molecule is COc1cn(CC(C)C)cn1. The number of hydrogen-bond acceptors (Lipinski definition) is 2. The Hall–Kier alpha value is -0.990. The van der Waals surface area contributed by atoms with Gasteiger partial charge in [-0.15, -0.1) is 0 Å². The minimum atomic E-state index is 0.647. The van der Waals surface area contributed by atoms with Crippen LogP contribution in [0.15, 0.2) is 12.5 Å². The van der Waals surface area contributed by atoms with Crippen LogP contribution in [0.2, 0.25) is 0 Å². The predicted molar refractivity (Wildman–Crippen MR) is 43.6 cm³/mol. The normalized spacial score (nSPS) is 10.5. The molecule has 0 aliphatic heterocycles. The highest BCUT2D eigenvalue weighted by atomic mass is 16.5. The first-order chi connectivity index (χ1) is 5.22. The van der Waals surface area contributed by atoms with Crippen LogP contribution in [-0.2, 0) is 6.54 Å². The maximum atomic E-state index is 4.94. The van der Waals surface area contributed by atoms with Gasteiger partial charge in [0.05, 0.1) is 19.6 Å². The summed E-state index contributed by atoms with van der Waals surface area (Å²) >= 11 is 0. The van der Waals surface area contributed by atoms with Crippen LogP contribution in [0, 0.1) is 5.92 Å². The van der Waals surface area contributed by atoms with Gasteiger partial charge in [-0.3, -0.25) is 0 Å². The lowest BCUT2D eigenvalue weighted by molar-refractivity contribution is 0.398. The van der Waals surface area contributed by atoms with Crippen LogP contribution in [-0.4, -0.2) is 16.7 Å². The molecule has 62 valence electrons. The molecule has 0 unspecified atom stereocenters. The van der Waals surface area contributed by atoms with E-state index in [1.54, 1.807) is 13.4 Å². The highest BCUT2D eigenvalue weighted by molar-refractivity contribution is 5.02. The third-order valence-electron chi connectivity index (χ3n) is 1.39. The van der Waals surface area contributed by atoms with Crippen LogP contribution < -0.4 is 4.74 Å². The zero-order chi connectivity index (χ0) is 8.27. The second-order valence-corrected chi connectivity index (χ2v) is 3.01. The molecule has 11 heavy (non-hydrogen) atoms. The molecular formula is C8H14N2O. The summed E-state index contributed by atoms with van der Waals surface area (Å²) in [5, 5.41) is 0. The second kappa shape index (κ2) is 3.42. The highest BCUT2D eigenvalue weighted by Crippen LogP contribution is 2.06. The molecule has 0 saturated heterocycles. The fourth-order valence-corrected chi connectivity index (χ4v) is 0.966. The van der Waals surface area contributed by atoms with E-state index in [-0.39, 0.29) is 0 Å². The molecule has 0 saturated carbocycles. The second-order valence-electron chi connectivity index (χ2n) is 3.01. The Morgan fingerprint density at radius 3 is 2.82 bits per heavy atom. The lowest BCUT2D eigenvalue weighted by atomic mass is 10.2. The summed E-state index contributed by atoms with van der Waals surface area (Å²) in [6, 6.07) is 0. The van der Waals surface area contributed by atoms with Crippen LogP contribution in [0.3, 0.4) is 0 Å². The third-order valence-corrected chi connectivity index (χ3v) is 1.39. The van der Waals surface area contributed by atoms with E-state index in [9.17, 15) is 0 Å². The van der Waals surface area contributed by atoms with Gasteiger partial charge in [0.2, 0.25) is 5.88 Å². The Morgan fingerprint density at radius 2 is 2.36 bits per heavy atom. The number of hydrogen-bond donors (Lipinski definition) is 0. The standard InChI is InChI=1S/C8H14N2O/c1-7(2)4-10-5-8(11-3)9-6-10/h5-7H,4H2,1-3H3. The van der Waals surface area contributed by atoms with Crippen LogP contribution >= 0.6 is 0 Å². The Bertz CT molecular complexity index is 218. The van der Waals surface area contributed by atoms with Crippen molar-refractivity contribution < 1.29 is 4.74 Å². The van der Waals surface area contributed by atoms with Crippen molar-refractivity contribution >= 4 is 0 Å². The van der Waals surface area contributed by atoms with E-state index in [0.29, 0.717) is 11.8 Å². The van der Waals surface area contributed by atoms with Gasteiger partial charge in [0.25, 0.3) is 0 Å².